The fourth-order valence-corrected chi connectivity index (χ4v) is 4.57. The van der Waals surface area contributed by atoms with Crippen LogP contribution in [0.2, 0.25) is 0 Å². The Morgan fingerprint density at radius 2 is 1.61 bits per heavy atom. The number of rotatable bonds is 9. The van der Waals surface area contributed by atoms with E-state index in [4.69, 9.17) is 4.74 Å². The van der Waals surface area contributed by atoms with Crippen molar-refractivity contribution in [2.75, 3.05) is 13.7 Å². The Morgan fingerprint density at radius 1 is 0.944 bits per heavy atom. The van der Waals surface area contributed by atoms with Crippen LogP contribution >= 0.6 is 0 Å². The first kappa shape index (κ1) is 24.9. The molecule has 2 heterocycles. The van der Waals surface area contributed by atoms with E-state index in [-0.39, 0.29) is 5.78 Å². The predicted octanol–water partition coefficient (Wildman–Crippen LogP) is 4.09. The number of hydrogen-bond acceptors (Lipinski definition) is 5. The van der Waals surface area contributed by atoms with Gasteiger partial charge in [0, 0.05) is 23.5 Å². The molecule has 1 aromatic heterocycles. The first-order chi connectivity index (χ1) is 17.2. The quantitative estimate of drug-likeness (QED) is 0.258. The topological polar surface area (TPSA) is 88.9 Å². The summed E-state index contributed by atoms with van der Waals surface area (Å²) < 4.78 is 7.24. The van der Waals surface area contributed by atoms with Crippen molar-refractivity contribution in [3.63, 3.8) is 0 Å². The van der Waals surface area contributed by atoms with Gasteiger partial charge in [0.2, 0.25) is 0 Å². The maximum atomic E-state index is 13.2. The number of ketones is 1. The average Bonchev–Trinajstić information content (AvgIpc) is 3.29. The van der Waals surface area contributed by atoms with Crippen LogP contribution in [0.25, 0.3) is 0 Å². The Labute approximate surface area is 210 Å². The maximum absolute atomic E-state index is 13.2. The van der Waals surface area contributed by atoms with Crippen molar-refractivity contribution in [1.82, 2.24) is 14.4 Å². The molecule has 36 heavy (non-hydrogen) atoms. The van der Waals surface area contributed by atoms with Crippen LogP contribution in [0.1, 0.15) is 45.8 Å². The summed E-state index contributed by atoms with van der Waals surface area (Å²) in [6.45, 7) is 5.62. The zero-order chi connectivity index (χ0) is 26.0. The molecule has 0 saturated carbocycles. The third-order valence-electron chi connectivity index (χ3n) is 6.71. The molecule has 1 aliphatic heterocycles. The Hall–Kier alpha value is -4.20. The van der Waals surface area contributed by atoms with E-state index in [0.717, 1.165) is 44.5 Å². The highest BCUT2D eigenvalue weighted by Gasteiger charge is 2.47. The molecule has 4 rings (SSSR count). The SMILES string of the molecule is COc1ccc(CCn2c(C)cc(C(=O)CN3C(=O)C(=O)N(C(C)c4ccccc4)C3=O)c2C)cc1. The number of aryl methyl sites for hydroxylation is 2. The minimum atomic E-state index is -0.982. The van der Waals surface area contributed by atoms with Gasteiger partial charge in [-0.05, 0) is 56.5 Å². The Balaban J connectivity index is 1.47. The molecule has 0 bridgehead atoms. The minimum absolute atomic E-state index is 0.387. The molecule has 1 fully saturated rings. The van der Waals surface area contributed by atoms with Crippen LogP contribution in [-0.2, 0) is 22.6 Å². The maximum Gasteiger partial charge on any atom is 0.335 e. The summed E-state index contributed by atoms with van der Waals surface area (Å²) in [5.74, 6) is -1.50. The van der Waals surface area contributed by atoms with Crippen molar-refractivity contribution < 1.29 is 23.9 Å². The van der Waals surface area contributed by atoms with E-state index in [1.54, 1.807) is 44.4 Å². The molecule has 1 unspecified atom stereocenters. The molecule has 1 aliphatic rings. The third-order valence-corrected chi connectivity index (χ3v) is 6.71. The molecule has 1 atom stereocenters. The van der Waals surface area contributed by atoms with Gasteiger partial charge in [-0.15, -0.1) is 0 Å². The molecule has 3 aromatic rings. The van der Waals surface area contributed by atoms with Gasteiger partial charge in [-0.1, -0.05) is 42.5 Å². The zero-order valence-electron chi connectivity index (χ0n) is 20.9. The summed E-state index contributed by atoms with van der Waals surface area (Å²) in [6.07, 6.45) is 0.762. The monoisotopic (exact) mass is 487 g/mol. The number of carbonyl (C=O) groups is 4. The summed E-state index contributed by atoms with van der Waals surface area (Å²) in [7, 11) is 1.63. The molecule has 0 spiro atoms. The smallest absolute Gasteiger partial charge is 0.335 e. The van der Waals surface area contributed by atoms with E-state index in [0.29, 0.717) is 12.1 Å². The number of Topliss-reactive ketones (excluding diaryl/α,β-unsaturated/α-hetero) is 1. The van der Waals surface area contributed by atoms with Gasteiger partial charge in [-0.25, -0.2) is 14.6 Å². The summed E-state index contributed by atoms with van der Waals surface area (Å²) in [4.78, 5) is 53.1. The standard InChI is InChI=1S/C28H29N3O5/c1-18-16-24(20(3)29(18)15-14-21-10-12-23(36-4)13-11-21)25(32)17-30-26(33)27(34)31(28(30)35)19(2)22-8-6-5-7-9-22/h5-13,16,19H,14-15,17H2,1-4H3. The van der Waals surface area contributed by atoms with Crippen LogP contribution in [-0.4, -0.2) is 51.7 Å². The minimum Gasteiger partial charge on any atom is -0.497 e. The lowest BCUT2D eigenvalue weighted by Gasteiger charge is -2.22. The number of urea groups is 1. The average molecular weight is 488 g/mol. The lowest BCUT2D eigenvalue weighted by Crippen LogP contribution is -2.38. The van der Waals surface area contributed by atoms with E-state index in [9.17, 15) is 19.2 Å². The molecular formula is C28H29N3O5. The highest BCUT2D eigenvalue weighted by Crippen LogP contribution is 2.27. The van der Waals surface area contributed by atoms with Crippen LogP contribution in [0.5, 0.6) is 5.75 Å². The van der Waals surface area contributed by atoms with Gasteiger partial charge in [0.1, 0.15) is 5.75 Å². The van der Waals surface area contributed by atoms with Crippen LogP contribution in [0, 0.1) is 13.8 Å². The Bertz CT molecular complexity index is 1310. The van der Waals surface area contributed by atoms with E-state index in [1.807, 2.05) is 48.7 Å². The van der Waals surface area contributed by atoms with Crippen LogP contribution < -0.4 is 4.74 Å². The molecular weight excluding hydrogens is 458 g/mol. The number of ether oxygens (including phenoxy) is 1. The van der Waals surface area contributed by atoms with Crippen LogP contribution in [0.4, 0.5) is 4.79 Å². The molecule has 8 nitrogen and oxygen atoms in total. The molecule has 1 saturated heterocycles. The van der Waals surface area contributed by atoms with E-state index >= 15 is 0 Å². The fraction of sp³-hybridized carbons (Fsp3) is 0.286. The number of aromatic nitrogens is 1. The van der Waals surface area contributed by atoms with Crippen LogP contribution in [0.15, 0.2) is 60.7 Å². The molecule has 0 aliphatic carbocycles. The van der Waals surface area contributed by atoms with Crippen molar-refractivity contribution >= 4 is 23.6 Å². The number of amides is 4. The van der Waals surface area contributed by atoms with Gasteiger partial charge in [-0.3, -0.25) is 14.4 Å². The van der Waals surface area contributed by atoms with Crippen molar-refractivity contribution in [3.05, 3.63) is 88.7 Å². The van der Waals surface area contributed by atoms with Gasteiger partial charge < -0.3 is 9.30 Å². The highest BCUT2D eigenvalue weighted by molar-refractivity contribution is 6.45. The first-order valence-electron chi connectivity index (χ1n) is 11.8. The Kier molecular flexibility index (Phi) is 7.05. The van der Waals surface area contributed by atoms with E-state index < -0.39 is 30.4 Å². The van der Waals surface area contributed by atoms with Crippen LogP contribution in [0.3, 0.4) is 0 Å². The van der Waals surface area contributed by atoms with Crippen molar-refractivity contribution in [2.24, 2.45) is 0 Å². The number of benzene rings is 2. The van der Waals surface area contributed by atoms with E-state index in [2.05, 4.69) is 0 Å². The number of carbonyl (C=O) groups excluding carboxylic acids is 4. The number of methoxy groups -OCH3 is 1. The molecule has 2 aromatic carbocycles. The first-order valence-corrected chi connectivity index (χ1v) is 11.8. The molecule has 186 valence electrons. The molecule has 0 radical (unpaired) electrons. The van der Waals surface area contributed by atoms with Crippen molar-refractivity contribution in [2.45, 2.75) is 39.8 Å². The summed E-state index contributed by atoms with van der Waals surface area (Å²) in [6, 6.07) is 17.2. The molecule has 8 heteroatoms. The third kappa shape index (κ3) is 4.66. The lowest BCUT2D eigenvalue weighted by molar-refractivity contribution is -0.143. The fourth-order valence-electron chi connectivity index (χ4n) is 4.57. The van der Waals surface area contributed by atoms with Gasteiger partial charge in [-0.2, -0.15) is 0 Å². The zero-order valence-corrected chi connectivity index (χ0v) is 20.9. The Morgan fingerprint density at radius 3 is 2.25 bits per heavy atom. The normalized spacial score (nSPS) is 14.5. The number of nitrogens with zero attached hydrogens (tertiary/aromatic N) is 3. The van der Waals surface area contributed by atoms with E-state index in [1.165, 1.54) is 0 Å². The largest absolute Gasteiger partial charge is 0.497 e. The van der Waals surface area contributed by atoms with Gasteiger partial charge in [0.05, 0.1) is 19.7 Å². The number of hydrogen-bond donors (Lipinski definition) is 0. The van der Waals surface area contributed by atoms with Gasteiger partial charge in [0.25, 0.3) is 0 Å². The summed E-state index contributed by atoms with van der Waals surface area (Å²) >= 11 is 0. The molecule has 4 amide bonds. The second-order valence-electron chi connectivity index (χ2n) is 8.89. The summed E-state index contributed by atoms with van der Waals surface area (Å²) in [5.41, 5.74) is 3.95. The lowest BCUT2D eigenvalue weighted by atomic mass is 10.1. The molecule has 0 N–H and O–H groups in total. The van der Waals surface area contributed by atoms with Crippen molar-refractivity contribution in [3.8, 4) is 5.75 Å². The highest BCUT2D eigenvalue weighted by atomic mass is 16.5. The van der Waals surface area contributed by atoms with Crippen molar-refractivity contribution in [1.29, 1.82) is 0 Å². The van der Waals surface area contributed by atoms with Gasteiger partial charge >= 0.3 is 17.8 Å². The second-order valence-corrected chi connectivity index (χ2v) is 8.89. The summed E-state index contributed by atoms with van der Waals surface area (Å²) in [5, 5.41) is 0. The number of imide groups is 2. The van der Waals surface area contributed by atoms with Gasteiger partial charge in [0.15, 0.2) is 5.78 Å². The predicted molar refractivity (Wildman–Crippen MR) is 134 cm³/mol. The second kappa shape index (κ2) is 10.2.